The second kappa shape index (κ2) is 14.4. The van der Waals surface area contributed by atoms with Crippen LogP contribution in [-0.2, 0) is 9.59 Å². The smallest absolute Gasteiger partial charge is 0.224 e. The van der Waals surface area contributed by atoms with E-state index in [9.17, 15) is 9.59 Å². The van der Waals surface area contributed by atoms with E-state index in [0.717, 1.165) is 77.7 Å². The lowest BCUT2D eigenvalue weighted by Gasteiger charge is -2.09. The van der Waals surface area contributed by atoms with E-state index in [1.807, 2.05) is 73.7 Å². The highest BCUT2D eigenvalue weighted by Gasteiger charge is 2.10. The number of aromatic nitrogens is 4. The standard InChI is InChI=1S/C35H38N6O2/c1-3-15-25-24(4-2)36-28-18-13-20-30(34(28)40-25)38-32(42)22-9-7-5-6-8-10-23-33(43)39-31-21-14-19-29-35(31)41-27-17-12-11-16-26(27)37-29/h4,11-21H,3,5-10,22-23H2,1-2H3,(H,38,42)(H,39,43)/b24-4+,25-15+. The minimum Gasteiger partial charge on any atom is -0.324 e. The molecule has 220 valence electrons. The molecule has 8 nitrogen and oxygen atoms in total. The van der Waals surface area contributed by atoms with Gasteiger partial charge in [0.2, 0.25) is 11.8 Å². The lowest BCUT2D eigenvalue weighted by molar-refractivity contribution is -0.117. The van der Waals surface area contributed by atoms with Crippen molar-refractivity contribution < 1.29 is 9.59 Å². The van der Waals surface area contributed by atoms with E-state index in [-0.39, 0.29) is 11.8 Å². The quantitative estimate of drug-likeness (QED) is 0.132. The Balaban J connectivity index is 1.02. The van der Waals surface area contributed by atoms with Crippen LogP contribution < -0.4 is 21.3 Å². The molecule has 0 radical (unpaired) electrons. The maximum absolute atomic E-state index is 12.7. The average Bonchev–Trinajstić information content (AvgIpc) is 3.01. The third-order valence-electron chi connectivity index (χ3n) is 7.40. The minimum absolute atomic E-state index is 0.00996. The van der Waals surface area contributed by atoms with Gasteiger partial charge in [-0.25, -0.2) is 19.9 Å². The molecule has 0 saturated carbocycles. The van der Waals surface area contributed by atoms with E-state index in [2.05, 4.69) is 28.6 Å². The Hall–Kier alpha value is -4.72. The number of rotatable bonds is 12. The molecule has 0 unspecified atom stereocenters. The third-order valence-corrected chi connectivity index (χ3v) is 7.40. The van der Waals surface area contributed by atoms with Crippen LogP contribution in [0.15, 0.2) is 60.7 Å². The number of nitrogens with zero attached hydrogens (tertiary/aromatic N) is 4. The maximum atomic E-state index is 12.7. The van der Waals surface area contributed by atoms with Crippen LogP contribution in [0.2, 0.25) is 0 Å². The number of para-hydroxylation sites is 4. The summed E-state index contributed by atoms with van der Waals surface area (Å²) in [6.45, 7) is 4.02. The molecular weight excluding hydrogens is 536 g/mol. The molecule has 0 aliphatic heterocycles. The van der Waals surface area contributed by atoms with Crippen molar-refractivity contribution in [2.75, 3.05) is 10.6 Å². The van der Waals surface area contributed by atoms with Gasteiger partial charge in [-0.15, -0.1) is 0 Å². The van der Waals surface area contributed by atoms with Gasteiger partial charge in [0.25, 0.3) is 0 Å². The summed E-state index contributed by atoms with van der Waals surface area (Å²) < 4.78 is 0. The fraction of sp³-hybridized carbons (Fsp3) is 0.314. The molecule has 43 heavy (non-hydrogen) atoms. The number of anilines is 2. The Bertz CT molecular complexity index is 1890. The Morgan fingerprint density at radius 2 is 1.12 bits per heavy atom. The first kappa shape index (κ1) is 29.8. The summed E-state index contributed by atoms with van der Waals surface area (Å²) in [6, 6.07) is 19.1. The number of hydrogen-bond acceptors (Lipinski definition) is 6. The molecular formula is C35H38N6O2. The van der Waals surface area contributed by atoms with Crippen molar-refractivity contribution >= 4 is 68.4 Å². The summed E-state index contributed by atoms with van der Waals surface area (Å²) in [5.41, 5.74) is 5.99. The molecule has 0 aliphatic rings. The van der Waals surface area contributed by atoms with Crippen molar-refractivity contribution in [2.45, 2.75) is 71.6 Å². The van der Waals surface area contributed by atoms with Crippen LogP contribution >= 0.6 is 0 Å². The van der Waals surface area contributed by atoms with Gasteiger partial charge >= 0.3 is 0 Å². The zero-order valence-electron chi connectivity index (χ0n) is 24.9. The lowest BCUT2D eigenvalue weighted by atomic mass is 10.1. The molecule has 0 bridgehead atoms. The van der Waals surface area contributed by atoms with Gasteiger partial charge in [-0.2, -0.15) is 0 Å². The Labute approximate surface area is 251 Å². The van der Waals surface area contributed by atoms with Crippen molar-refractivity contribution in [3.63, 3.8) is 0 Å². The van der Waals surface area contributed by atoms with Crippen molar-refractivity contribution in [1.29, 1.82) is 0 Å². The zero-order chi connectivity index (χ0) is 30.0. The predicted molar refractivity (Wildman–Crippen MR) is 175 cm³/mol. The fourth-order valence-corrected chi connectivity index (χ4v) is 5.21. The molecule has 3 aromatic carbocycles. The second-order valence-electron chi connectivity index (χ2n) is 10.7. The molecule has 0 spiro atoms. The van der Waals surface area contributed by atoms with E-state index >= 15 is 0 Å². The summed E-state index contributed by atoms with van der Waals surface area (Å²) in [7, 11) is 0. The lowest BCUT2D eigenvalue weighted by Crippen LogP contribution is -2.31. The van der Waals surface area contributed by atoms with E-state index in [1.165, 1.54) is 0 Å². The zero-order valence-corrected chi connectivity index (χ0v) is 24.9. The normalized spacial score (nSPS) is 12.3. The van der Waals surface area contributed by atoms with Crippen LogP contribution in [0.4, 0.5) is 11.4 Å². The first-order valence-electron chi connectivity index (χ1n) is 15.2. The predicted octanol–water partition coefficient (Wildman–Crippen LogP) is 6.42. The monoisotopic (exact) mass is 574 g/mol. The van der Waals surface area contributed by atoms with E-state index in [4.69, 9.17) is 15.0 Å². The van der Waals surface area contributed by atoms with E-state index in [0.29, 0.717) is 35.2 Å². The number of carbonyl (C=O) groups is 2. The van der Waals surface area contributed by atoms with Gasteiger partial charge in [0, 0.05) is 12.8 Å². The third kappa shape index (κ3) is 7.57. The second-order valence-corrected chi connectivity index (χ2v) is 10.7. The Kier molecular flexibility index (Phi) is 10.00. The van der Waals surface area contributed by atoms with Crippen LogP contribution in [0.1, 0.15) is 71.6 Å². The van der Waals surface area contributed by atoms with E-state index < -0.39 is 0 Å². The fourth-order valence-electron chi connectivity index (χ4n) is 5.21. The highest BCUT2D eigenvalue weighted by atomic mass is 16.2. The van der Waals surface area contributed by atoms with Gasteiger partial charge in [-0.1, -0.05) is 69.0 Å². The van der Waals surface area contributed by atoms with Gasteiger partial charge in [-0.3, -0.25) is 9.59 Å². The average molecular weight is 575 g/mol. The number of amides is 2. The van der Waals surface area contributed by atoms with Gasteiger partial charge < -0.3 is 10.6 Å². The van der Waals surface area contributed by atoms with Crippen molar-refractivity contribution in [2.24, 2.45) is 0 Å². The Morgan fingerprint density at radius 1 is 0.605 bits per heavy atom. The van der Waals surface area contributed by atoms with Gasteiger partial charge in [0.1, 0.15) is 11.0 Å². The number of fused-ring (bicyclic) bond motifs is 3. The first-order valence-corrected chi connectivity index (χ1v) is 15.2. The number of benzene rings is 3. The number of hydrogen-bond donors (Lipinski definition) is 2. The van der Waals surface area contributed by atoms with Crippen molar-refractivity contribution in [3.05, 3.63) is 71.4 Å². The molecule has 2 aromatic heterocycles. The maximum Gasteiger partial charge on any atom is 0.224 e. The molecule has 0 fully saturated rings. The number of unbranched alkanes of at least 4 members (excludes halogenated alkanes) is 5. The highest BCUT2D eigenvalue weighted by molar-refractivity contribution is 6.01. The first-order chi connectivity index (χ1) is 21.1. The van der Waals surface area contributed by atoms with Crippen LogP contribution in [-0.4, -0.2) is 31.8 Å². The number of nitrogens with one attached hydrogen (secondary N) is 2. The Morgan fingerprint density at radius 3 is 1.70 bits per heavy atom. The molecule has 8 heteroatoms. The minimum atomic E-state index is -0.0130. The largest absolute Gasteiger partial charge is 0.324 e. The van der Waals surface area contributed by atoms with Gasteiger partial charge in [-0.05, 0) is 62.6 Å². The van der Waals surface area contributed by atoms with Gasteiger partial charge in [0.05, 0.1) is 44.1 Å². The highest BCUT2D eigenvalue weighted by Crippen LogP contribution is 2.23. The van der Waals surface area contributed by atoms with Crippen LogP contribution in [0, 0.1) is 0 Å². The van der Waals surface area contributed by atoms with Crippen LogP contribution in [0.5, 0.6) is 0 Å². The molecule has 2 amide bonds. The van der Waals surface area contributed by atoms with Crippen LogP contribution in [0.3, 0.4) is 0 Å². The summed E-state index contributed by atoms with van der Waals surface area (Å²) >= 11 is 0. The van der Waals surface area contributed by atoms with Gasteiger partial charge in [0.15, 0.2) is 0 Å². The summed E-state index contributed by atoms with van der Waals surface area (Å²) in [6.07, 6.45) is 11.5. The summed E-state index contributed by atoms with van der Waals surface area (Å²) in [5, 5.41) is 7.75. The molecule has 0 aliphatic carbocycles. The summed E-state index contributed by atoms with van der Waals surface area (Å²) in [5.74, 6) is -0.0229. The van der Waals surface area contributed by atoms with E-state index in [1.54, 1.807) is 0 Å². The van der Waals surface area contributed by atoms with Crippen molar-refractivity contribution in [1.82, 2.24) is 19.9 Å². The van der Waals surface area contributed by atoms with Crippen molar-refractivity contribution in [3.8, 4) is 0 Å². The number of carbonyl (C=O) groups excluding carboxylic acids is 2. The molecule has 2 N–H and O–H groups in total. The summed E-state index contributed by atoms with van der Waals surface area (Å²) in [4.78, 5) is 44.2. The molecule has 0 atom stereocenters. The van der Waals surface area contributed by atoms with Crippen LogP contribution in [0.25, 0.3) is 45.3 Å². The molecule has 0 saturated heterocycles. The molecule has 5 aromatic rings. The topological polar surface area (TPSA) is 110 Å². The molecule has 2 heterocycles. The molecule has 5 rings (SSSR count). The SMILES string of the molecule is C/C=c1/nc2cccc(NC(=O)CCCCCCCCC(=O)Nc3cccc4nc5ccccc5nc34)c2n/c1=C/CC.